The van der Waals surface area contributed by atoms with E-state index in [1.54, 1.807) is 0 Å². The van der Waals surface area contributed by atoms with Crippen LogP contribution in [0.25, 0.3) is 0 Å². The first-order valence-corrected chi connectivity index (χ1v) is 5.89. The monoisotopic (exact) mass is 347 g/mol. The Balaban J connectivity index is 3.35. The van der Waals surface area contributed by atoms with Crippen LogP contribution < -0.4 is 10.1 Å². The molecule has 1 aromatic carbocycles. The number of rotatable bonds is 4. The number of nitrogens with one attached hydrogen (secondary N) is 1. The first-order valence-electron chi connectivity index (χ1n) is 5.10. The number of hydrogen-bond acceptors (Lipinski definition) is 2. The van der Waals surface area contributed by atoms with Gasteiger partial charge in [0.15, 0.2) is 0 Å². The van der Waals surface area contributed by atoms with Crippen LogP contribution in [0.1, 0.15) is 11.6 Å². The average Bonchev–Trinajstić information content (AvgIpc) is 2.28. The summed E-state index contributed by atoms with van der Waals surface area (Å²) in [7, 11) is 2.23. The second-order valence-electron chi connectivity index (χ2n) is 3.73. The lowest BCUT2D eigenvalue weighted by Gasteiger charge is -2.29. The molecule has 0 saturated heterocycles. The van der Waals surface area contributed by atoms with Gasteiger partial charge in [-0.1, -0.05) is 15.9 Å². The largest absolute Gasteiger partial charge is 0.496 e. The normalized spacial score (nSPS) is 14.3. The Kier molecular flexibility index (Phi) is 4.78. The van der Waals surface area contributed by atoms with Crippen molar-refractivity contribution in [1.29, 1.82) is 0 Å². The molecular formula is C11H11BrF5NO. The summed E-state index contributed by atoms with van der Waals surface area (Å²) in [6.07, 6.45) is -5.66. The van der Waals surface area contributed by atoms with Gasteiger partial charge in [-0.05, 0) is 25.2 Å². The van der Waals surface area contributed by atoms with Crippen LogP contribution in [-0.2, 0) is 0 Å². The number of alkyl halides is 5. The third kappa shape index (κ3) is 3.17. The van der Waals surface area contributed by atoms with E-state index in [-0.39, 0.29) is 11.3 Å². The smallest absolute Gasteiger partial charge is 0.455 e. The van der Waals surface area contributed by atoms with E-state index >= 15 is 0 Å². The molecule has 19 heavy (non-hydrogen) atoms. The van der Waals surface area contributed by atoms with Gasteiger partial charge in [0.2, 0.25) is 0 Å². The number of benzene rings is 1. The molecule has 0 aliphatic heterocycles. The molecule has 0 aliphatic rings. The summed E-state index contributed by atoms with van der Waals surface area (Å²) in [6.45, 7) is 0. The molecule has 108 valence electrons. The van der Waals surface area contributed by atoms with Gasteiger partial charge < -0.3 is 10.1 Å². The molecule has 0 radical (unpaired) electrons. The number of halogens is 6. The molecule has 0 amide bonds. The summed E-state index contributed by atoms with van der Waals surface area (Å²) in [6, 6.07) is 1.73. The van der Waals surface area contributed by atoms with Crippen LogP contribution in [0.2, 0.25) is 0 Å². The van der Waals surface area contributed by atoms with Crippen LogP contribution in [0.5, 0.6) is 5.75 Å². The van der Waals surface area contributed by atoms with E-state index in [1.165, 1.54) is 25.3 Å². The summed E-state index contributed by atoms with van der Waals surface area (Å²) in [5.74, 6) is -4.97. The summed E-state index contributed by atoms with van der Waals surface area (Å²) in [5.41, 5.74) is -0.276. The van der Waals surface area contributed by atoms with Crippen LogP contribution in [-0.4, -0.2) is 26.3 Å². The van der Waals surface area contributed by atoms with Gasteiger partial charge in [-0.15, -0.1) is 0 Å². The average molecular weight is 348 g/mol. The van der Waals surface area contributed by atoms with Crippen LogP contribution in [0, 0.1) is 0 Å². The predicted octanol–water partition coefficient (Wildman–Crippen LogP) is 3.92. The molecule has 0 aromatic heterocycles. The van der Waals surface area contributed by atoms with Crippen molar-refractivity contribution in [3.05, 3.63) is 28.2 Å². The third-order valence-electron chi connectivity index (χ3n) is 2.53. The molecule has 0 aliphatic carbocycles. The maximum Gasteiger partial charge on any atom is 0.455 e. The molecule has 1 rings (SSSR count). The van der Waals surface area contributed by atoms with Gasteiger partial charge in [0.25, 0.3) is 0 Å². The zero-order valence-electron chi connectivity index (χ0n) is 9.99. The van der Waals surface area contributed by atoms with Gasteiger partial charge in [0.05, 0.1) is 7.11 Å². The van der Waals surface area contributed by atoms with E-state index in [2.05, 4.69) is 15.9 Å². The fourth-order valence-electron chi connectivity index (χ4n) is 1.63. The van der Waals surface area contributed by atoms with Gasteiger partial charge in [-0.2, -0.15) is 22.0 Å². The van der Waals surface area contributed by atoms with E-state index < -0.39 is 18.1 Å². The maximum atomic E-state index is 13.5. The molecule has 1 unspecified atom stereocenters. The molecule has 1 aromatic rings. The van der Waals surface area contributed by atoms with E-state index in [1.807, 2.05) is 5.32 Å². The molecule has 8 heteroatoms. The Morgan fingerprint density at radius 3 is 2.21 bits per heavy atom. The van der Waals surface area contributed by atoms with Crippen molar-refractivity contribution >= 4 is 15.9 Å². The van der Waals surface area contributed by atoms with E-state index in [4.69, 9.17) is 4.74 Å². The van der Waals surface area contributed by atoms with Crippen molar-refractivity contribution in [1.82, 2.24) is 5.32 Å². The topological polar surface area (TPSA) is 21.3 Å². The number of hydrogen-bond donors (Lipinski definition) is 1. The predicted molar refractivity (Wildman–Crippen MR) is 63.5 cm³/mol. The minimum absolute atomic E-state index is 0.0496. The quantitative estimate of drug-likeness (QED) is 0.833. The highest BCUT2D eigenvalue weighted by Gasteiger charge is 2.62. The Morgan fingerprint density at radius 1 is 1.21 bits per heavy atom. The number of methoxy groups -OCH3 is 1. The fraction of sp³-hybridized carbons (Fsp3) is 0.455. The van der Waals surface area contributed by atoms with Crippen molar-refractivity contribution in [3.8, 4) is 5.75 Å². The molecule has 1 atom stereocenters. The molecule has 0 heterocycles. The van der Waals surface area contributed by atoms with Gasteiger partial charge in [0, 0.05) is 10.0 Å². The van der Waals surface area contributed by atoms with Crippen molar-refractivity contribution < 1.29 is 26.7 Å². The van der Waals surface area contributed by atoms with E-state index in [0.29, 0.717) is 4.47 Å². The standard InChI is InChI=1S/C11H11BrF5NO/c1-18-9(10(13,14)11(15,16)17)7-5-6(12)3-4-8(7)19-2/h3-5,9,18H,1-2H3. The fourth-order valence-corrected chi connectivity index (χ4v) is 2.01. The molecule has 0 bridgehead atoms. The van der Waals surface area contributed by atoms with Crippen molar-refractivity contribution in [2.75, 3.05) is 14.2 Å². The molecular weight excluding hydrogens is 337 g/mol. The van der Waals surface area contributed by atoms with Crippen molar-refractivity contribution in [2.24, 2.45) is 0 Å². The van der Waals surface area contributed by atoms with Gasteiger partial charge in [-0.25, -0.2) is 0 Å². The van der Waals surface area contributed by atoms with Crippen LogP contribution in [0.4, 0.5) is 22.0 Å². The Morgan fingerprint density at radius 2 is 1.79 bits per heavy atom. The molecule has 2 nitrogen and oxygen atoms in total. The second-order valence-corrected chi connectivity index (χ2v) is 4.64. The van der Waals surface area contributed by atoms with E-state index in [0.717, 1.165) is 7.05 Å². The Hall–Kier alpha value is -0.890. The maximum absolute atomic E-state index is 13.5. The third-order valence-corrected chi connectivity index (χ3v) is 3.03. The minimum atomic E-state index is -5.66. The van der Waals surface area contributed by atoms with Crippen molar-refractivity contribution in [3.63, 3.8) is 0 Å². The first-order chi connectivity index (χ1) is 8.65. The van der Waals surface area contributed by atoms with Crippen LogP contribution >= 0.6 is 15.9 Å². The van der Waals surface area contributed by atoms with Gasteiger partial charge >= 0.3 is 12.1 Å². The summed E-state index contributed by atoms with van der Waals surface area (Å²) >= 11 is 3.03. The van der Waals surface area contributed by atoms with Gasteiger partial charge in [-0.3, -0.25) is 0 Å². The SMILES string of the molecule is CNC(c1cc(Br)ccc1OC)C(F)(F)C(F)(F)F. The molecule has 1 N–H and O–H groups in total. The minimum Gasteiger partial charge on any atom is -0.496 e. The molecule has 0 spiro atoms. The van der Waals surface area contributed by atoms with Crippen molar-refractivity contribution in [2.45, 2.75) is 18.1 Å². The lowest BCUT2D eigenvalue weighted by molar-refractivity contribution is -0.294. The highest BCUT2D eigenvalue weighted by Crippen LogP contribution is 2.46. The molecule has 0 fully saturated rings. The summed E-state index contributed by atoms with van der Waals surface area (Å²) in [4.78, 5) is 0. The molecule has 0 saturated carbocycles. The zero-order valence-corrected chi connectivity index (χ0v) is 11.6. The number of ether oxygens (including phenoxy) is 1. The Bertz CT molecular complexity index is 449. The lowest BCUT2D eigenvalue weighted by Crippen LogP contribution is -2.47. The second kappa shape index (κ2) is 5.62. The highest BCUT2D eigenvalue weighted by atomic mass is 79.9. The van der Waals surface area contributed by atoms with E-state index in [9.17, 15) is 22.0 Å². The van der Waals surface area contributed by atoms with Crippen LogP contribution in [0.3, 0.4) is 0 Å². The summed E-state index contributed by atoms with van der Waals surface area (Å²) in [5, 5.41) is 2.00. The summed E-state index contributed by atoms with van der Waals surface area (Å²) < 4.78 is 69.5. The lowest BCUT2D eigenvalue weighted by atomic mass is 9.99. The zero-order chi connectivity index (χ0) is 14.8. The first kappa shape index (κ1) is 16.2. The van der Waals surface area contributed by atoms with Crippen LogP contribution in [0.15, 0.2) is 22.7 Å². The highest BCUT2D eigenvalue weighted by molar-refractivity contribution is 9.10. The van der Waals surface area contributed by atoms with Gasteiger partial charge in [0.1, 0.15) is 11.8 Å². The Labute approximate surface area is 115 Å².